The van der Waals surface area contributed by atoms with Crippen LogP contribution >= 0.6 is 0 Å². The van der Waals surface area contributed by atoms with Crippen molar-refractivity contribution in [1.82, 2.24) is 0 Å². The van der Waals surface area contributed by atoms with Gasteiger partial charge in [-0.3, -0.25) is 0 Å². The van der Waals surface area contributed by atoms with Crippen LogP contribution in [0.1, 0.15) is 52.7 Å². The van der Waals surface area contributed by atoms with Gasteiger partial charge in [0.15, 0.2) is 0 Å². The zero-order valence-electron chi connectivity index (χ0n) is 28.8. The maximum Gasteiger partial charge on any atom is 0.245 e. The van der Waals surface area contributed by atoms with E-state index in [1.165, 1.54) is 78.0 Å². The van der Waals surface area contributed by atoms with Crippen LogP contribution in [0.25, 0.3) is 0 Å². The highest BCUT2D eigenvalue weighted by atomic mass is 15.2. The fraction of sp³-hybridized carbons (Fsp3) is 0.182. The van der Waals surface area contributed by atoms with Crippen molar-refractivity contribution in [2.75, 3.05) is 9.80 Å². The standard InChI is InChI=1S/C44H40B2N2/c1-43(2,3)29-21-23-37-35(27-29)45-33-19-13-14-20-34(33)46-36-28-30(44(4,5)6)22-24-38(36)48(32-17-11-8-12-18-32)40-26-25-39(41(45)42(40)46)47(37)31-15-9-7-10-16-31/h7-28H,1-6H3. The zero-order chi connectivity index (χ0) is 32.9. The van der Waals surface area contributed by atoms with E-state index in [0.29, 0.717) is 0 Å². The topological polar surface area (TPSA) is 6.48 Å². The van der Waals surface area contributed by atoms with E-state index < -0.39 is 0 Å². The summed E-state index contributed by atoms with van der Waals surface area (Å²) in [5, 5.41) is 0. The molecule has 0 amide bonds. The summed E-state index contributed by atoms with van der Waals surface area (Å²) in [6.07, 6.45) is 0. The SMILES string of the molecule is CC(C)(C)c1ccc2c(c1)B1c3ccccc3B3c4cc(C(C)(C)C)ccc4N(c4ccccc4)c4ccc(c1c43)N2c1ccccc1. The summed E-state index contributed by atoms with van der Waals surface area (Å²) in [5.74, 6) is 0. The van der Waals surface area contributed by atoms with Gasteiger partial charge >= 0.3 is 0 Å². The Morgan fingerprint density at radius 3 is 1.10 bits per heavy atom. The Bertz CT molecular complexity index is 2070. The van der Waals surface area contributed by atoms with Crippen LogP contribution in [0.4, 0.5) is 34.1 Å². The fourth-order valence-corrected chi connectivity index (χ4v) is 8.49. The molecule has 0 radical (unpaired) electrons. The van der Waals surface area contributed by atoms with Crippen LogP contribution in [0.3, 0.4) is 0 Å². The lowest BCUT2D eigenvalue weighted by atomic mass is 9.19. The number of hydrogen-bond acceptors (Lipinski definition) is 2. The van der Waals surface area contributed by atoms with Crippen molar-refractivity contribution in [2.24, 2.45) is 0 Å². The highest BCUT2D eigenvalue weighted by Crippen LogP contribution is 2.42. The Labute approximate surface area is 286 Å². The number of nitrogens with zero attached hydrogens (tertiary/aromatic N) is 2. The molecular formula is C44H40B2N2. The summed E-state index contributed by atoms with van der Waals surface area (Å²) in [6.45, 7) is 14.2. The van der Waals surface area contributed by atoms with Crippen molar-refractivity contribution in [2.45, 2.75) is 52.4 Å². The van der Waals surface area contributed by atoms with Gasteiger partial charge in [-0.2, -0.15) is 0 Å². The smallest absolute Gasteiger partial charge is 0.245 e. The van der Waals surface area contributed by atoms with Crippen molar-refractivity contribution in [3.8, 4) is 0 Å². The van der Waals surface area contributed by atoms with Crippen LogP contribution in [0.15, 0.2) is 133 Å². The third-order valence-electron chi connectivity index (χ3n) is 10.8. The van der Waals surface area contributed by atoms with Gasteiger partial charge in [-0.05, 0) is 92.3 Å². The number of rotatable bonds is 2. The normalized spacial score (nSPS) is 14.3. The van der Waals surface area contributed by atoms with Crippen LogP contribution in [-0.2, 0) is 10.8 Å². The molecule has 6 aromatic rings. The van der Waals surface area contributed by atoms with Gasteiger partial charge in [-0.25, -0.2) is 0 Å². The Hall–Kier alpha value is -4.95. The minimum Gasteiger partial charge on any atom is -0.312 e. The number of para-hydroxylation sites is 2. The van der Waals surface area contributed by atoms with E-state index in [1.807, 2.05) is 0 Å². The molecule has 0 spiro atoms. The van der Waals surface area contributed by atoms with E-state index in [-0.39, 0.29) is 24.3 Å². The summed E-state index contributed by atoms with van der Waals surface area (Å²) in [6, 6.07) is 50.4. The van der Waals surface area contributed by atoms with Gasteiger partial charge in [0.05, 0.1) is 0 Å². The summed E-state index contributed by atoms with van der Waals surface area (Å²) < 4.78 is 0. The molecule has 4 heteroatoms. The molecule has 0 saturated carbocycles. The molecule has 3 aliphatic heterocycles. The number of benzene rings is 6. The first kappa shape index (κ1) is 29.2. The second-order valence-electron chi connectivity index (χ2n) is 15.8. The van der Waals surface area contributed by atoms with Crippen LogP contribution in [-0.4, -0.2) is 13.4 Å². The summed E-state index contributed by atoms with van der Waals surface area (Å²) in [7, 11) is 0. The Balaban J connectivity index is 1.42. The van der Waals surface area contributed by atoms with Crippen molar-refractivity contribution >= 4 is 80.3 Å². The van der Waals surface area contributed by atoms with Gasteiger partial charge in [0.25, 0.3) is 0 Å². The van der Waals surface area contributed by atoms with Crippen LogP contribution in [0, 0.1) is 0 Å². The van der Waals surface area contributed by atoms with Gasteiger partial charge in [0.1, 0.15) is 0 Å². The molecule has 0 unspecified atom stereocenters. The molecule has 6 aromatic carbocycles. The third-order valence-corrected chi connectivity index (χ3v) is 10.8. The zero-order valence-corrected chi connectivity index (χ0v) is 28.8. The molecule has 0 aromatic heterocycles. The first-order chi connectivity index (χ1) is 23.1. The predicted octanol–water partition coefficient (Wildman–Crippen LogP) is 7.19. The minimum atomic E-state index is 0.0339. The van der Waals surface area contributed by atoms with Crippen LogP contribution < -0.4 is 42.6 Å². The molecular weight excluding hydrogens is 578 g/mol. The Morgan fingerprint density at radius 2 is 0.729 bits per heavy atom. The number of anilines is 6. The monoisotopic (exact) mass is 618 g/mol. The second kappa shape index (κ2) is 10.3. The number of hydrogen-bond donors (Lipinski definition) is 0. The quantitative estimate of drug-likeness (QED) is 0.189. The van der Waals surface area contributed by atoms with Gasteiger partial charge in [0, 0.05) is 34.1 Å². The van der Waals surface area contributed by atoms with Crippen molar-refractivity contribution in [3.05, 3.63) is 145 Å². The molecule has 0 N–H and O–H groups in total. The van der Waals surface area contributed by atoms with E-state index in [9.17, 15) is 0 Å². The molecule has 9 rings (SSSR count). The lowest BCUT2D eigenvalue weighted by Gasteiger charge is -2.47. The molecule has 0 bridgehead atoms. The average molecular weight is 618 g/mol. The van der Waals surface area contributed by atoms with E-state index in [4.69, 9.17) is 0 Å². The van der Waals surface area contributed by atoms with Crippen molar-refractivity contribution < 1.29 is 0 Å². The van der Waals surface area contributed by atoms with Crippen LogP contribution in [0.5, 0.6) is 0 Å². The highest BCUT2D eigenvalue weighted by Gasteiger charge is 2.49. The maximum absolute atomic E-state index is 2.52. The highest BCUT2D eigenvalue weighted by molar-refractivity contribution is 7.13. The molecule has 0 atom stereocenters. The largest absolute Gasteiger partial charge is 0.312 e. The van der Waals surface area contributed by atoms with Gasteiger partial charge in [-0.15, -0.1) is 0 Å². The third kappa shape index (κ3) is 4.21. The second-order valence-corrected chi connectivity index (χ2v) is 15.8. The first-order valence-corrected chi connectivity index (χ1v) is 17.4. The van der Waals surface area contributed by atoms with Gasteiger partial charge in [-0.1, -0.05) is 137 Å². The summed E-state index contributed by atoms with van der Waals surface area (Å²) in [5.41, 5.74) is 18.8. The summed E-state index contributed by atoms with van der Waals surface area (Å²) >= 11 is 0. The molecule has 0 fully saturated rings. The molecule has 232 valence electrons. The molecule has 0 saturated heterocycles. The molecule has 2 nitrogen and oxygen atoms in total. The van der Waals surface area contributed by atoms with E-state index in [1.54, 1.807) is 0 Å². The van der Waals surface area contributed by atoms with E-state index in [0.717, 1.165) is 0 Å². The van der Waals surface area contributed by atoms with Crippen LogP contribution in [0.2, 0.25) is 0 Å². The Kier molecular flexibility index (Phi) is 6.25. The molecule has 48 heavy (non-hydrogen) atoms. The number of fused-ring (bicyclic) bond motifs is 7. The molecule has 3 heterocycles. The summed E-state index contributed by atoms with van der Waals surface area (Å²) in [4.78, 5) is 5.04. The average Bonchev–Trinajstić information content (AvgIpc) is 3.09. The van der Waals surface area contributed by atoms with E-state index in [2.05, 4.69) is 185 Å². The van der Waals surface area contributed by atoms with Gasteiger partial charge in [0.2, 0.25) is 13.4 Å². The molecule has 3 aliphatic rings. The lowest BCUT2D eigenvalue weighted by Crippen LogP contribution is -2.78. The Morgan fingerprint density at radius 1 is 0.375 bits per heavy atom. The molecule has 0 aliphatic carbocycles. The fourth-order valence-electron chi connectivity index (χ4n) is 8.49. The van der Waals surface area contributed by atoms with Crippen molar-refractivity contribution in [1.29, 1.82) is 0 Å². The minimum absolute atomic E-state index is 0.0339. The van der Waals surface area contributed by atoms with Gasteiger partial charge < -0.3 is 9.80 Å². The lowest BCUT2D eigenvalue weighted by molar-refractivity contribution is 0.590. The van der Waals surface area contributed by atoms with E-state index >= 15 is 0 Å². The predicted molar refractivity (Wildman–Crippen MR) is 209 cm³/mol. The van der Waals surface area contributed by atoms with Crippen molar-refractivity contribution in [3.63, 3.8) is 0 Å². The maximum atomic E-state index is 2.52. The first-order valence-electron chi connectivity index (χ1n) is 17.4.